The summed E-state index contributed by atoms with van der Waals surface area (Å²) in [6, 6.07) is 15.8. The van der Waals surface area contributed by atoms with Gasteiger partial charge in [0.1, 0.15) is 0 Å². The fourth-order valence-corrected chi connectivity index (χ4v) is 4.91. The van der Waals surface area contributed by atoms with Gasteiger partial charge in [0.25, 0.3) is 15.9 Å². The summed E-state index contributed by atoms with van der Waals surface area (Å²) in [6.45, 7) is 2.33. The molecule has 0 saturated carbocycles. The maximum absolute atomic E-state index is 13.4. The van der Waals surface area contributed by atoms with E-state index in [4.69, 9.17) is 11.6 Å². The molecule has 0 radical (unpaired) electrons. The van der Waals surface area contributed by atoms with Crippen LogP contribution in [0.3, 0.4) is 0 Å². The predicted molar refractivity (Wildman–Crippen MR) is 123 cm³/mol. The number of piperazine rings is 1. The summed E-state index contributed by atoms with van der Waals surface area (Å²) in [5.74, 6) is -2.55. The molecule has 172 valence electrons. The van der Waals surface area contributed by atoms with E-state index in [0.717, 1.165) is 17.8 Å². The molecule has 0 aliphatic carbocycles. The minimum atomic E-state index is -4.11. The van der Waals surface area contributed by atoms with Gasteiger partial charge < -0.3 is 9.80 Å². The Morgan fingerprint density at radius 3 is 2.18 bits per heavy atom. The molecule has 0 spiro atoms. The molecule has 6 nitrogen and oxygen atoms in total. The van der Waals surface area contributed by atoms with Crippen molar-refractivity contribution in [3.05, 3.63) is 89.0 Å². The molecule has 3 aromatic carbocycles. The van der Waals surface area contributed by atoms with Gasteiger partial charge in [-0.2, -0.15) is 0 Å². The van der Waals surface area contributed by atoms with E-state index < -0.39 is 26.6 Å². The topological polar surface area (TPSA) is 69.7 Å². The number of carbonyl (C=O) groups excluding carboxylic acids is 1. The molecule has 1 heterocycles. The SMILES string of the molecule is O=C(c1ccc(NS(=O)(=O)c2ccc(F)c(F)c2)cc1)N1CCN(c2ccccc2Cl)CC1. The van der Waals surface area contributed by atoms with Crippen LogP contribution >= 0.6 is 11.6 Å². The van der Waals surface area contributed by atoms with Crippen LogP contribution in [0.25, 0.3) is 0 Å². The number of para-hydroxylation sites is 1. The van der Waals surface area contributed by atoms with Crippen LogP contribution in [0.1, 0.15) is 10.4 Å². The largest absolute Gasteiger partial charge is 0.367 e. The van der Waals surface area contributed by atoms with Gasteiger partial charge in [0.05, 0.1) is 15.6 Å². The van der Waals surface area contributed by atoms with Crippen LogP contribution in [0.2, 0.25) is 5.02 Å². The fourth-order valence-electron chi connectivity index (χ4n) is 3.58. The zero-order valence-electron chi connectivity index (χ0n) is 17.3. The average molecular weight is 492 g/mol. The van der Waals surface area contributed by atoms with E-state index in [1.807, 2.05) is 24.3 Å². The van der Waals surface area contributed by atoms with Crippen molar-refractivity contribution < 1.29 is 22.0 Å². The highest BCUT2D eigenvalue weighted by atomic mass is 35.5. The number of nitrogens with one attached hydrogen (secondary N) is 1. The lowest BCUT2D eigenvalue weighted by atomic mass is 10.1. The second kappa shape index (κ2) is 9.36. The third-order valence-corrected chi connectivity index (χ3v) is 7.04. The highest BCUT2D eigenvalue weighted by molar-refractivity contribution is 7.92. The third-order valence-electron chi connectivity index (χ3n) is 5.35. The van der Waals surface area contributed by atoms with Gasteiger partial charge in [-0.05, 0) is 54.6 Å². The standard InChI is InChI=1S/C23H20ClF2N3O3S/c24-19-3-1-2-4-22(19)28-11-13-29(14-12-28)23(30)16-5-7-17(8-6-16)27-33(31,32)18-9-10-20(25)21(26)15-18/h1-10,15,27H,11-14H2. The maximum atomic E-state index is 13.4. The number of anilines is 2. The number of nitrogens with zero attached hydrogens (tertiary/aromatic N) is 2. The molecule has 3 aromatic rings. The fraction of sp³-hybridized carbons (Fsp3) is 0.174. The van der Waals surface area contributed by atoms with E-state index in [1.165, 1.54) is 24.3 Å². The summed E-state index contributed by atoms with van der Waals surface area (Å²) in [6.07, 6.45) is 0. The van der Waals surface area contributed by atoms with E-state index in [-0.39, 0.29) is 11.6 Å². The normalized spacial score (nSPS) is 14.3. The average Bonchev–Trinajstić information content (AvgIpc) is 2.81. The monoisotopic (exact) mass is 491 g/mol. The second-order valence-corrected chi connectivity index (χ2v) is 9.58. The Kier molecular flexibility index (Phi) is 6.53. The van der Waals surface area contributed by atoms with Gasteiger partial charge in [-0.25, -0.2) is 17.2 Å². The summed E-state index contributed by atoms with van der Waals surface area (Å²) >= 11 is 6.26. The summed E-state index contributed by atoms with van der Waals surface area (Å²) in [5.41, 5.74) is 1.54. The molecule has 33 heavy (non-hydrogen) atoms. The van der Waals surface area contributed by atoms with Crippen molar-refractivity contribution in [1.29, 1.82) is 0 Å². The molecule has 0 aromatic heterocycles. The minimum absolute atomic E-state index is 0.163. The van der Waals surface area contributed by atoms with Crippen LogP contribution in [0.4, 0.5) is 20.2 Å². The second-order valence-electron chi connectivity index (χ2n) is 7.49. The van der Waals surface area contributed by atoms with E-state index >= 15 is 0 Å². The summed E-state index contributed by atoms with van der Waals surface area (Å²) in [5, 5.41) is 0.665. The highest BCUT2D eigenvalue weighted by Gasteiger charge is 2.23. The predicted octanol–water partition coefficient (Wildman–Crippen LogP) is 4.38. The molecule has 1 amide bonds. The zero-order valence-corrected chi connectivity index (χ0v) is 18.9. The molecule has 1 aliphatic heterocycles. The van der Waals surface area contributed by atoms with E-state index in [2.05, 4.69) is 9.62 Å². The molecule has 1 saturated heterocycles. The van der Waals surface area contributed by atoms with Gasteiger partial charge in [-0.15, -0.1) is 0 Å². The highest BCUT2D eigenvalue weighted by Crippen LogP contribution is 2.26. The quantitative estimate of drug-likeness (QED) is 0.575. The van der Waals surface area contributed by atoms with Crippen LogP contribution in [0, 0.1) is 11.6 Å². The Labute approximate surface area is 195 Å². The van der Waals surface area contributed by atoms with Crippen molar-refractivity contribution in [2.75, 3.05) is 35.8 Å². The number of halogens is 3. The first-order chi connectivity index (χ1) is 15.7. The molecule has 1 fully saturated rings. The number of sulfonamides is 1. The number of amides is 1. The minimum Gasteiger partial charge on any atom is -0.367 e. The van der Waals surface area contributed by atoms with Crippen LogP contribution < -0.4 is 9.62 Å². The van der Waals surface area contributed by atoms with Crippen molar-refractivity contribution in [2.45, 2.75) is 4.90 Å². The van der Waals surface area contributed by atoms with E-state index in [1.54, 1.807) is 4.90 Å². The molecule has 0 atom stereocenters. The molecule has 0 unspecified atom stereocenters. The van der Waals surface area contributed by atoms with Gasteiger partial charge in [0.2, 0.25) is 0 Å². The van der Waals surface area contributed by atoms with E-state index in [9.17, 15) is 22.0 Å². The lowest BCUT2D eigenvalue weighted by Crippen LogP contribution is -2.48. The number of hydrogen-bond acceptors (Lipinski definition) is 4. The molecular weight excluding hydrogens is 472 g/mol. The molecule has 1 aliphatic rings. The lowest BCUT2D eigenvalue weighted by molar-refractivity contribution is 0.0747. The first-order valence-electron chi connectivity index (χ1n) is 10.1. The first kappa shape index (κ1) is 23.0. The molecule has 4 rings (SSSR count). The van der Waals surface area contributed by atoms with Crippen LogP contribution in [0.15, 0.2) is 71.6 Å². The van der Waals surface area contributed by atoms with Crippen LogP contribution in [0.5, 0.6) is 0 Å². The Hall–Kier alpha value is -3.17. The summed E-state index contributed by atoms with van der Waals surface area (Å²) < 4.78 is 53.6. The zero-order chi connectivity index (χ0) is 23.6. The van der Waals surface area contributed by atoms with Crippen molar-refractivity contribution in [3.8, 4) is 0 Å². The summed E-state index contributed by atoms with van der Waals surface area (Å²) in [7, 11) is -4.11. The van der Waals surface area contributed by atoms with Gasteiger partial charge in [-0.1, -0.05) is 23.7 Å². The first-order valence-corrected chi connectivity index (χ1v) is 12.0. The smallest absolute Gasteiger partial charge is 0.261 e. The van der Waals surface area contributed by atoms with Crippen LogP contribution in [-0.4, -0.2) is 45.4 Å². The molecule has 1 N–H and O–H groups in total. The number of benzene rings is 3. The summed E-state index contributed by atoms with van der Waals surface area (Å²) in [4.78, 5) is 16.3. The third kappa shape index (κ3) is 5.09. The van der Waals surface area contributed by atoms with Gasteiger partial charge in [0.15, 0.2) is 11.6 Å². The number of hydrogen-bond donors (Lipinski definition) is 1. The number of rotatable bonds is 5. The van der Waals surface area contributed by atoms with Crippen molar-refractivity contribution in [1.82, 2.24) is 4.90 Å². The molecular formula is C23H20ClF2N3O3S. The lowest BCUT2D eigenvalue weighted by Gasteiger charge is -2.36. The van der Waals surface area contributed by atoms with E-state index in [0.29, 0.717) is 42.8 Å². The van der Waals surface area contributed by atoms with Crippen molar-refractivity contribution in [3.63, 3.8) is 0 Å². The molecule has 10 heteroatoms. The Balaban J connectivity index is 1.39. The van der Waals surface area contributed by atoms with Crippen LogP contribution in [-0.2, 0) is 10.0 Å². The van der Waals surface area contributed by atoms with Gasteiger partial charge in [-0.3, -0.25) is 9.52 Å². The maximum Gasteiger partial charge on any atom is 0.261 e. The van der Waals surface area contributed by atoms with Gasteiger partial charge >= 0.3 is 0 Å². The Bertz CT molecular complexity index is 1280. The molecule has 0 bridgehead atoms. The van der Waals surface area contributed by atoms with Gasteiger partial charge in [0, 0.05) is 37.4 Å². The Morgan fingerprint density at radius 2 is 1.55 bits per heavy atom. The van der Waals surface area contributed by atoms with Crippen molar-refractivity contribution >= 4 is 38.9 Å². The van der Waals surface area contributed by atoms with Crippen molar-refractivity contribution in [2.24, 2.45) is 0 Å². The Morgan fingerprint density at radius 1 is 0.879 bits per heavy atom. The number of carbonyl (C=O) groups is 1.